The highest BCUT2D eigenvalue weighted by molar-refractivity contribution is 9.10. The molecule has 0 atom stereocenters. The summed E-state index contributed by atoms with van der Waals surface area (Å²) in [5, 5.41) is 0.764. The van der Waals surface area contributed by atoms with Gasteiger partial charge >= 0.3 is 0 Å². The van der Waals surface area contributed by atoms with Crippen LogP contribution in [0.25, 0.3) is 10.2 Å². The van der Waals surface area contributed by atoms with Gasteiger partial charge in [0.2, 0.25) is 5.91 Å². The van der Waals surface area contributed by atoms with Gasteiger partial charge in [0.1, 0.15) is 0 Å². The van der Waals surface area contributed by atoms with E-state index in [4.69, 9.17) is 4.98 Å². The van der Waals surface area contributed by atoms with Crippen LogP contribution in [-0.2, 0) is 11.2 Å². The molecule has 0 saturated carbocycles. The molecule has 0 unspecified atom stereocenters. The number of hydrogen-bond acceptors (Lipinski definition) is 4. The number of fused-ring (bicyclic) bond motifs is 1. The molecular formula is C21H24BrN3OS. The van der Waals surface area contributed by atoms with Crippen molar-refractivity contribution < 1.29 is 4.79 Å². The van der Waals surface area contributed by atoms with Crippen molar-refractivity contribution >= 4 is 48.5 Å². The third kappa shape index (κ3) is 4.94. The summed E-state index contributed by atoms with van der Waals surface area (Å²) < 4.78 is 2.10. The average Bonchev–Trinajstić information content (AvgIpc) is 3.00. The maximum Gasteiger partial charge on any atom is 0.233 e. The minimum Gasteiger partial charge on any atom is -0.308 e. The Bertz CT molecular complexity index is 967. The number of hydrogen-bond donors (Lipinski definition) is 0. The lowest BCUT2D eigenvalue weighted by atomic mass is 10.0. The number of anilines is 1. The van der Waals surface area contributed by atoms with Crippen LogP contribution in [-0.4, -0.2) is 43.0 Å². The zero-order valence-electron chi connectivity index (χ0n) is 16.1. The molecule has 0 spiro atoms. The van der Waals surface area contributed by atoms with Gasteiger partial charge in [-0.05, 0) is 57.3 Å². The number of nitrogens with zero attached hydrogens (tertiary/aromatic N) is 3. The fraction of sp³-hybridized carbons (Fsp3) is 0.333. The minimum atomic E-state index is 0.0851. The van der Waals surface area contributed by atoms with Crippen LogP contribution in [0.2, 0.25) is 0 Å². The van der Waals surface area contributed by atoms with E-state index in [1.165, 1.54) is 5.56 Å². The van der Waals surface area contributed by atoms with Gasteiger partial charge in [-0.25, -0.2) is 4.98 Å². The van der Waals surface area contributed by atoms with Crippen LogP contribution in [0.15, 0.2) is 40.9 Å². The largest absolute Gasteiger partial charge is 0.308 e. The highest BCUT2D eigenvalue weighted by Crippen LogP contribution is 2.31. The van der Waals surface area contributed by atoms with Gasteiger partial charge in [0.05, 0.1) is 16.6 Å². The normalized spacial score (nSPS) is 11.3. The van der Waals surface area contributed by atoms with E-state index in [0.717, 1.165) is 37.5 Å². The van der Waals surface area contributed by atoms with E-state index in [2.05, 4.69) is 58.9 Å². The number of halogens is 1. The van der Waals surface area contributed by atoms with E-state index in [1.54, 1.807) is 11.3 Å². The molecule has 0 saturated heterocycles. The molecule has 0 aliphatic carbocycles. The maximum absolute atomic E-state index is 13.2. The fourth-order valence-corrected chi connectivity index (χ4v) is 4.49. The number of thiazole rings is 1. The second-order valence-electron chi connectivity index (χ2n) is 7.06. The maximum atomic E-state index is 13.2. The lowest BCUT2D eigenvalue weighted by Crippen LogP contribution is -2.37. The molecule has 0 fully saturated rings. The van der Waals surface area contributed by atoms with Crippen LogP contribution in [0.3, 0.4) is 0 Å². The molecule has 1 amide bonds. The van der Waals surface area contributed by atoms with E-state index in [9.17, 15) is 4.79 Å². The zero-order valence-corrected chi connectivity index (χ0v) is 18.5. The summed E-state index contributed by atoms with van der Waals surface area (Å²) in [6.45, 7) is 5.55. The van der Waals surface area contributed by atoms with Crippen molar-refractivity contribution in [2.24, 2.45) is 0 Å². The smallest absolute Gasteiger partial charge is 0.233 e. The molecule has 0 aliphatic heterocycles. The Labute approximate surface area is 172 Å². The molecule has 27 heavy (non-hydrogen) atoms. The lowest BCUT2D eigenvalue weighted by molar-refractivity contribution is -0.118. The van der Waals surface area contributed by atoms with Crippen LogP contribution in [0, 0.1) is 13.8 Å². The summed E-state index contributed by atoms with van der Waals surface area (Å²) in [7, 11) is 4.03. The molecule has 0 bridgehead atoms. The van der Waals surface area contributed by atoms with Gasteiger partial charge < -0.3 is 4.90 Å². The minimum absolute atomic E-state index is 0.0851. The van der Waals surface area contributed by atoms with Crippen molar-refractivity contribution in [3.63, 3.8) is 0 Å². The summed E-state index contributed by atoms with van der Waals surface area (Å²) in [4.78, 5) is 21.8. The monoisotopic (exact) mass is 445 g/mol. The molecule has 6 heteroatoms. The second-order valence-corrected chi connectivity index (χ2v) is 8.99. The topological polar surface area (TPSA) is 36.4 Å². The summed E-state index contributed by atoms with van der Waals surface area (Å²) in [5.74, 6) is 0.0851. The molecule has 3 rings (SSSR count). The van der Waals surface area contributed by atoms with E-state index in [0.29, 0.717) is 13.0 Å². The first-order valence-electron chi connectivity index (χ1n) is 8.91. The van der Waals surface area contributed by atoms with Crippen molar-refractivity contribution in [3.05, 3.63) is 57.6 Å². The number of rotatable bonds is 6. The quantitative estimate of drug-likeness (QED) is 0.545. The number of aromatic nitrogens is 1. The van der Waals surface area contributed by atoms with Crippen molar-refractivity contribution in [2.45, 2.75) is 20.3 Å². The molecule has 142 valence electrons. The van der Waals surface area contributed by atoms with E-state index >= 15 is 0 Å². The lowest BCUT2D eigenvalue weighted by Gasteiger charge is -2.22. The van der Waals surface area contributed by atoms with Gasteiger partial charge in [-0.2, -0.15) is 0 Å². The highest BCUT2D eigenvalue weighted by atomic mass is 79.9. The molecule has 0 N–H and O–H groups in total. The first-order valence-corrected chi connectivity index (χ1v) is 10.5. The first kappa shape index (κ1) is 20.0. The summed E-state index contributed by atoms with van der Waals surface area (Å²) in [6.07, 6.45) is 0.388. The SMILES string of the molecule is Cc1ccc(CC(=O)N(CCN(C)C)c2nc3ccc(Br)cc3s2)c(C)c1. The number of carbonyl (C=O) groups is 1. The van der Waals surface area contributed by atoms with Crippen molar-refractivity contribution in [1.82, 2.24) is 9.88 Å². The molecule has 1 aromatic heterocycles. The fourth-order valence-electron chi connectivity index (χ4n) is 2.93. The molecular weight excluding hydrogens is 422 g/mol. The second kappa shape index (κ2) is 8.50. The van der Waals surface area contributed by atoms with Crippen molar-refractivity contribution in [3.8, 4) is 0 Å². The number of amides is 1. The van der Waals surface area contributed by atoms with Crippen LogP contribution in [0.5, 0.6) is 0 Å². The Hall–Kier alpha value is -1.76. The van der Waals surface area contributed by atoms with Crippen LogP contribution >= 0.6 is 27.3 Å². The predicted molar refractivity (Wildman–Crippen MR) is 118 cm³/mol. The van der Waals surface area contributed by atoms with Crippen molar-refractivity contribution in [2.75, 3.05) is 32.1 Å². The van der Waals surface area contributed by atoms with Gasteiger partial charge in [0, 0.05) is 17.6 Å². The van der Waals surface area contributed by atoms with Gasteiger partial charge in [-0.1, -0.05) is 51.0 Å². The summed E-state index contributed by atoms with van der Waals surface area (Å²) in [6, 6.07) is 12.3. The summed E-state index contributed by atoms with van der Waals surface area (Å²) in [5.41, 5.74) is 4.37. The molecule has 0 aliphatic rings. The van der Waals surface area contributed by atoms with Gasteiger partial charge in [-0.15, -0.1) is 0 Å². The van der Waals surface area contributed by atoms with E-state index < -0.39 is 0 Å². The number of likely N-dealkylation sites (N-methyl/N-ethyl adjacent to an activating group) is 1. The Morgan fingerprint density at radius 1 is 1.11 bits per heavy atom. The number of benzene rings is 2. The average molecular weight is 446 g/mol. The van der Waals surface area contributed by atoms with Crippen LogP contribution in [0.1, 0.15) is 16.7 Å². The molecule has 0 radical (unpaired) electrons. The van der Waals surface area contributed by atoms with Crippen LogP contribution < -0.4 is 4.90 Å². The van der Waals surface area contributed by atoms with E-state index in [1.807, 2.05) is 31.1 Å². The Morgan fingerprint density at radius 2 is 1.89 bits per heavy atom. The first-order chi connectivity index (χ1) is 12.8. The molecule has 1 heterocycles. The van der Waals surface area contributed by atoms with E-state index in [-0.39, 0.29) is 5.91 Å². The van der Waals surface area contributed by atoms with Gasteiger partial charge in [-0.3, -0.25) is 9.69 Å². The molecule has 3 aromatic rings. The van der Waals surface area contributed by atoms with Crippen LogP contribution in [0.4, 0.5) is 5.13 Å². The highest BCUT2D eigenvalue weighted by Gasteiger charge is 2.21. The number of carbonyl (C=O) groups excluding carboxylic acids is 1. The summed E-state index contributed by atoms with van der Waals surface area (Å²) >= 11 is 5.07. The number of aryl methyl sites for hydroxylation is 2. The van der Waals surface area contributed by atoms with Crippen molar-refractivity contribution in [1.29, 1.82) is 0 Å². The standard InChI is InChI=1S/C21H24BrN3OS/c1-14-5-6-16(15(2)11-14)12-20(26)25(10-9-24(3)4)21-23-18-8-7-17(22)13-19(18)27-21/h5-8,11,13H,9-10,12H2,1-4H3. The Morgan fingerprint density at radius 3 is 2.59 bits per heavy atom. The third-order valence-electron chi connectivity index (χ3n) is 4.48. The predicted octanol–water partition coefficient (Wildman–Crippen LogP) is 4.81. The molecule has 2 aromatic carbocycles. The third-order valence-corrected chi connectivity index (χ3v) is 6.02. The van der Waals surface area contributed by atoms with Gasteiger partial charge in [0.15, 0.2) is 5.13 Å². The zero-order chi connectivity index (χ0) is 19.6. The Kier molecular flexibility index (Phi) is 6.29. The Balaban J connectivity index is 1.90. The van der Waals surface area contributed by atoms with Gasteiger partial charge in [0.25, 0.3) is 0 Å². The molecule has 4 nitrogen and oxygen atoms in total.